The van der Waals surface area contributed by atoms with Gasteiger partial charge in [-0.3, -0.25) is 14.5 Å². The molecule has 2 heterocycles. The van der Waals surface area contributed by atoms with Gasteiger partial charge in [0.15, 0.2) is 0 Å². The Bertz CT molecular complexity index is 1030. The SMILES string of the molecule is O=C(O)C1CCN(C(=O)[C@H]2CCCN2C(=O)OCC2c3ccccc3-c3ccccc32)CC1. The van der Waals surface area contributed by atoms with E-state index in [1.165, 1.54) is 11.1 Å². The molecule has 172 valence electrons. The van der Waals surface area contributed by atoms with Crippen molar-refractivity contribution in [1.29, 1.82) is 0 Å². The number of nitrogens with zero attached hydrogens (tertiary/aromatic N) is 2. The number of amides is 2. The predicted octanol–water partition coefficient (Wildman–Crippen LogP) is 3.72. The van der Waals surface area contributed by atoms with Gasteiger partial charge < -0.3 is 14.7 Å². The summed E-state index contributed by atoms with van der Waals surface area (Å²) in [5.41, 5.74) is 4.66. The average molecular weight is 449 g/mol. The Kier molecular flexibility index (Phi) is 5.79. The van der Waals surface area contributed by atoms with Crippen molar-refractivity contribution >= 4 is 18.0 Å². The lowest BCUT2D eigenvalue weighted by atomic mass is 9.96. The van der Waals surface area contributed by atoms with Gasteiger partial charge >= 0.3 is 12.1 Å². The molecule has 0 bridgehead atoms. The second kappa shape index (κ2) is 8.89. The summed E-state index contributed by atoms with van der Waals surface area (Å²) in [6.45, 7) is 1.57. The van der Waals surface area contributed by atoms with Crippen LogP contribution in [-0.2, 0) is 14.3 Å². The van der Waals surface area contributed by atoms with Crippen molar-refractivity contribution < 1.29 is 24.2 Å². The van der Waals surface area contributed by atoms with Crippen molar-refractivity contribution in [3.63, 3.8) is 0 Å². The van der Waals surface area contributed by atoms with E-state index in [1.54, 1.807) is 9.80 Å². The third kappa shape index (κ3) is 3.96. The Morgan fingerprint density at radius 1 is 0.879 bits per heavy atom. The van der Waals surface area contributed by atoms with Crippen LogP contribution in [0.1, 0.15) is 42.7 Å². The largest absolute Gasteiger partial charge is 0.481 e. The van der Waals surface area contributed by atoms with Gasteiger partial charge in [0.2, 0.25) is 5.91 Å². The van der Waals surface area contributed by atoms with Crippen LogP contribution in [0.15, 0.2) is 48.5 Å². The van der Waals surface area contributed by atoms with Gasteiger partial charge in [-0.25, -0.2) is 4.79 Å². The van der Waals surface area contributed by atoms with Crippen molar-refractivity contribution in [3.05, 3.63) is 59.7 Å². The number of rotatable bonds is 4. The van der Waals surface area contributed by atoms with E-state index in [4.69, 9.17) is 4.74 Å². The molecule has 1 aliphatic carbocycles. The molecule has 0 radical (unpaired) electrons. The van der Waals surface area contributed by atoms with Crippen LogP contribution in [0.4, 0.5) is 4.79 Å². The van der Waals surface area contributed by atoms with E-state index >= 15 is 0 Å². The molecule has 7 nitrogen and oxygen atoms in total. The monoisotopic (exact) mass is 448 g/mol. The molecule has 33 heavy (non-hydrogen) atoms. The molecule has 2 aromatic rings. The molecule has 2 aliphatic heterocycles. The molecule has 3 aliphatic rings. The van der Waals surface area contributed by atoms with Gasteiger partial charge in [0.05, 0.1) is 5.92 Å². The van der Waals surface area contributed by atoms with Gasteiger partial charge in [-0.05, 0) is 47.9 Å². The first-order valence-electron chi connectivity index (χ1n) is 11.7. The molecular weight excluding hydrogens is 420 g/mol. The number of likely N-dealkylation sites (tertiary alicyclic amines) is 2. The van der Waals surface area contributed by atoms with Crippen LogP contribution in [0, 0.1) is 5.92 Å². The zero-order valence-corrected chi connectivity index (χ0v) is 18.5. The number of carbonyl (C=O) groups is 3. The van der Waals surface area contributed by atoms with Gasteiger partial charge in [-0.2, -0.15) is 0 Å². The summed E-state index contributed by atoms with van der Waals surface area (Å²) < 4.78 is 5.78. The summed E-state index contributed by atoms with van der Waals surface area (Å²) in [6, 6.07) is 15.9. The number of carbonyl (C=O) groups excluding carboxylic acids is 2. The van der Waals surface area contributed by atoms with Gasteiger partial charge in [0.1, 0.15) is 12.6 Å². The molecule has 7 heteroatoms. The minimum Gasteiger partial charge on any atom is -0.481 e. The first kappa shape index (κ1) is 21.5. The van der Waals surface area contributed by atoms with Crippen LogP contribution in [0.25, 0.3) is 11.1 Å². The van der Waals surface area contributed by atoms with Crippen LogP contribution in [-0.4, -0.2) is 65.2 Å². The molecule has 2 saturated heterocycles. The summed E-state index contributed by atoms with van der Waals surface area (Å²) in [6.07, 6.45) is 1.83. The Balaban J connectivity index is 1.24. The van der Waals surface area contributed by atoms with Crippen molar-refractivity contribution in [3.8, 4) is 11.1 Å². The van der Waals surface area contributed by atoms with Gasteiger partial charge in [0.25, 0.3) is 0 Å². The zero-order valence-electron chi connectivity index (χ0n) is 18.5. The number of piperidine rings is 1. The highest BCUT2D eigenvalue weighted by atomic mass is 16.6. The standard InChI is InChI=1S/C26H28N2O5/c29-24(27-14-11-17(12-15-27)25(30)31)23-10-5-13-28(23)26(32)33-16-22-20-8-3-1-6-18(20)19-7-2-4-9-21(19)22/h1-4,6-9,17,22-23H,5,10-16H2,(H,30,31)/t23-/m1/s1. The van der Waals surface area contributed by atoms with Crippen molar-refractivity contribution in [2.45, 2.75) is 37.6 Å². The van der Waals surface area contributed by atoms with E-state index in [0.29, 0.717) is 38.9 Å². The molecule has 2 aromatic carbocycles. The summed E-state index contributed by atoms with van der Waals surface area (Å²) in [7, 11) is 0. The number of benzene rings is 2. The lowest BCUT2D eigenvalue weighted by molar-refractivity contribution is -0.146. The Morgan fingerprint density at radius 3 is 2.09 bits per heavy atom. The molecule has 5 rings (SSSR count). The predicted molar refractivity (Wildman–Crippen MR) is 122 cm³/mol. The van der Waals surface area contributed by atoms with Gasteiger partial charge in [-0.1, -0.05) is 48.5 Å². The summed E-state index contributed by atoms with van der Waals surface area (Å²) in [5.74, 6) is -1.31. The smallest absolute Gasteiger partial charge is 0.410 e. The van der Waals surface area contributed by atoms with E-state index in [-0.39, 0.29) is 18.4 Å². The molecule has 0 unspecified atom stereocenters. The van der Waals surface area contributed by atoms with Crippen LogP contribution < -0.4 is 0 Å². The second-order valence-corrected chi connectivity index (χ2v) is 9.09. The zero-order chi connectivity index (χ0) is 22.9. The van der Waals surface area contributed by atoms with Crippen LogP contribution in [0.2, 0.25) is 0 Å². The third-order valence-corrected chi connectivity index (χ3v) is 7.26. The highest BCUT2D eigenvalue weighted by molar-refractivity contribution is 5.86. The topological polar surface area (TPSA) is 87.2 Å². The fourth-order valence-electron chi connectivity index (χ4n) is 5.48. The van der Waals surface area contributed by atoms with E-state index in [0.717, 1.165) is 17.5 Å². The summed E-state index contributed by atoms with van der Waals surface area (Å²) >= 11 is 0. The Morgan fingerprint density at radius 2 is 1.48 bits per heavy atom. The van der Waals surface area contributed by atoms with Crippen LogP contribution in [0.3, 0.4) is 0 Å². The van der Waals surface area contributed by atoms with Gasteiger partial charge in [0, 0.05) is 25.6 Å². The van der Waals surface area contributed by atoms with E-state index in [1.807, 2.05) is 24.3 Å². The van der Waals surface area contributed by atoms with Crippen molar-refractivity contribution in [1.82, 2.24) is 9.80 Å². The lowest BCUT2D eigenvalue weighted by Gasteiger charge is -2.34. The molecule has 1 atom stereocenters. The average Bonchev–Trinajstić information content (AvgIpc) is 3.46. The maximum Gasteiger partial charge on any atom is 0.410 e. The number of hydrogen-bond acceptors (Lipinski definition) is 4. The number of hydrogen-bond donors (Lipinski definition) is 1. The molecule has 0 aromatic heterocycles. The minimum absolute atomic E-state index is 0.0202. The summed E-state index contributed by atoms with van der Waals surface area (Å²) in [5, 5.41) is 9.19. The molecule has 0 saturated carbocycles. The second-order valence-electron chi connectivity index (χ2n) is 9.09. The maximum atomic E-state index is 13.1. The Labute approximate surface area is 192 Å². The molecule has 0 spiro atoms. The first-order chi connectivity index (χ1) is 16.0. The fraction of sp³-hybridized carbons (Fsp3) is 0.423. The fourth-order valence-corrected chi connectivity index (χ4v) is 5.48. The number of ether oxygens (including phenoxy) is 1. The number of carboxylic acids is 1. The molecule has 2 amide bonds. The highest BCUT2D eigenvalue weighted by Gasteiger charge is 2.39. The third-order valence-electron chi connectivity index (χ3n) is 7.26. The van der Waals surface area contributed by atoms with Crippen LogP contribution >= 0.6 is 0 Å². The first-order valence-corrected chi connectivity index (χ1v) is 11.7. The number of carboxylic acid groups (broad SMARTS) is 1. The molecule has 1 N–H and O–H groups in total. The van der Waals surface area contributed by atoms with Crippen LogP contribution in [0.5, 0.6) is 0 Å². The highest BCUT2D eigenvalue weighted by Crippen LogP contribution is 2.44. The Hall–Kier alpha value is -3.35. The molecule has 2 fully saturated rings. The lowest BCUT2D eigenvalue weighted by Crippen LogP contribution is -2.50. The quantitative estimate of drug-likeness (QED) is 0.770. The van der Waals surface area contributed by atoms with Crippen molar-refractivity contribution in [2.75, 3.05) is 26.2 Å². The van der Waals surface area contributed by atoms with E-state index in [2.05, 4.69) is 24.3 Å². The van der Waals surface area contributed by atoms with Crippen molar-refractivity contribution in [2.24, 2.45) is 5.92 Å². The number of fused-ring (bicyclic) bond motifs is 3. The summed E-state index contributed by atoms with van der Waals surface area (Å²) in [4.78, 5) is 40.6. The van der Waals surface area contributed by atoms with Gasteiger partial charge in [-0.15, -0.1) is 0 Å². The maximum absolute atomic E-state index is 13.1. The minimum atomic E-state index is -0.803. The number of aliphatic carboxylic acids is 1. The molecular formula is C26H28N2O5. The van der Waals surface area contributed by atoms with E-state index in [9.17, 15) is 19.5 Å². The van der Waals surface area contributed by atoms with E-state index < -0.39 is 24.0 Å². The normalized spacial score (nSPS) is 20.4.